The molecule has 112 valence electrons. The van der Waals surface area contributed by atoms with Crippen LogP contribution in [0, 0.1) is 0 Å². The lowest BCUT2D eigenvalue weighted by atomic mass is 10.2. The van der Waals surface area contributed by atoms with Crippen LogP contribution in [0.1, 0.15) is 11.1 Å². The van der Waals surface area contributed by atoms with Crippen LogP contribution in [0.25, 0.3) is 0 Å². The minimum atomic E-state index is 0.572. The minimum Gasteiger partial charge on any atom is -0.126 e. The van der Waals surface area contributed by atoms with Crippen LogP contribution in [0.3, 0.4) is 0 Å². The summed E-state index contributed by atoms with van der Waals surface area (Å²) in [6.07, 6.45) is 1.59. The predicted octanol–water partition coefficient (Wildman–Crippen LogP) is 6.71. The van der Waals surface area contributed by atoms with Gasteiger partial charge in [-0.15, -0.1) is 23.2 Å². The number of hydrogen-bond acceptors (Lipinski definition) is 1. The number of alkyl halides is 2. The molecule has 0 nitrogen and oxygen atoms in total. The number of hydrogen-bond donors (Lipinski definition) is 0. The van der Waals surface area contributed by atoms with Crippen molar-refractivity contribution in [1.29, 1.82) is 0 Å². The fourth-order valence-corrected chi connectivity index (χ4v) is 3.90. The van der Waals surface area contributed by atoms with E-state index in [0.717, 1.165) is 43.8 Å². The van der Waals surface area contributed by atoms with E-state index in [1.807, 2.05) is 36.4 Å². The van der Waals surface area contributed by atoms with E-state index in [2.05, 4.69) is 0 Å². The van der Waals surface area contributed by atoms with E-state index < -0.39 is 0 Å². The van der Waals surface area contributed by atoms with Crippen LogP contribution >= 0.6 is 58.2 Å². The first-order chi connectivity index (χ1) is 10.1. The van der Waals surface area contributed by atoms with Crippen LogP contribution in [0.2, 0.25) is 10.0 Å². The highest BCUT2D eigenvalue weighted by Crippen LogP contribution is 2.35. The van der Waals surface area contributed by atoms with E-state index in [-0.39, 0.29) is 0 Å². The van der Waals surface area contributed by atoms with E-state index in [1.54, 1.807) is 11.8 Å². The zero-order chi connectivity index (χ0) is 15.2. The Labute approximate surface area is 149 Å². The molecular formula is C16H14Cl4S. The Morgan fingerprint density at radius 3 is 1.52 bits per heavy atom. The van der Waals surface area contributed by atoms with Gasteiger partial charge in [-0.3, -0.25) is 0 Å². The van der Waals surface area contributed by atoms with Crippen LogP contribution in [-0.4, -0.2) is 11.8 Å². The molecule has 0 bridgehead atoms. The molecule has 0 atom stereocenters. The average molecular weight is 380 g/mol. The summed E-state index contributed by atoms with van der Waals surface area (Å²) in [6.45, 7) is 0. The number of benzene rings is 2. The maximum atomic E-state index is 6.07. The number of halogens is 4. The van der Waals surface area contributed by atoms with Gasteiger partial charge in [-0.2, -0.15) is 0 Å². The molecule has 0 aromatic heterocycles. The van der Waals surface area contributed by atoms with Gasteiger partial charge in [0.05, 0.1) is 0 Å². The van der Waals surface area contributed by atoms with E-state index >= 15 is 0 Å². The van der Waals surface area contributed by atoms with E-state index in [0.29, 0.717) is 11.8 Å². The molecule has 2 aromatic carbocycles. The summed E-state index contributed by atoms with van der Waals surface area (Å²) in [5, 5.41) is 1.47. The zero-order valence-corrected chi connectivity index (χ0v) is 15.1. The van der Waals surface area contributed by atoms with Crippen molar-refractivity contribution >= 4 is 58.2 Å². The quantitative estimate of drug-likeness (QED) is 0.502. The lowest BCUT2D eigenvalue weighted by Gasteiger charge is -2.12. The van der Waals surface area contributed by atoms with E-state index in [4.69, 9.17) is 46.4 Å². The number of aryl methyl sites for hydroxylation is 2. The summed E-state index contributed by atoms with van der Waals surface area (Å²) in [4.78, 5) is 2.33. The van der Waals surface area contributed by atoms with Gasteiger partial charge in [0.2, 0.25) is 0 Å². The standard InChI is InChI=1S/C16H14Cl4S/c17-7-5-11-9-13(19)1-3-15(11)21-16-4-2-14(20)10-12(16)6-8-18/h1-4,9-10H,5-8H2. The molecule has 0 spiro atoms. The third-order valence-corrected chi connectivity index (χ3v) is 5.08. The van der Waals surface area contributed by atoms with Crippen molar-refractivity contribution in [1.82, 2.24) is 0 Å². The summed E-state index contributed by atoms with van der Waals surface area (Å²) < 4.78 is 0. The average Bonchev–Trinajstić information content (AvgIpc) is 2.45. The smallest absolute Gasteiger partial charge is 0.0409 e. The van der Waals surface area contributed by atoms with Crippen molar-refractivity contribution in [3.8, 4) is 0 Å². The molecule has 21 heavy (non-hydrogen) atoms. The Balaban J connectivity index is 2.33. The molecule has 0 aliphatic carbocycles. The Morgan fingerprint density at radius 2 is 1.14 bits per heavy atom. The van der Waals surface area contributed by atoms with Gasteiger partial charge in [0, 0.05) is 31.6 Å². The summed E-state index contributed by atoms with van der Waals surface area (Å²) >= 11 is 25.6. The van der Waals surface area contributed by atoms with Gasteiger partial charge in [0.25, 0.3) is 0 Å². The molecule has 2 rings (SSSR count). The SMILES string of the molecule is ClCCc1cc(Cl)ccc1Sc1ccc(Cl)cc1CCCl. The molecule has 2 aromatic rings. The van der Waals surface area contributed by atoms with E-state index in [9.17, 15) is 0 Å². The Morgan fingerprint density at radius 1 is 0.714 bits per heavy atom. The largest absolute Gasteiger partial charge is 0.126 e. The second kappa shape index (κ2) is 8.55. The molecular weight excluding hydrogens is 366 g/mol. The first-order valence-corrected chi connectivity index (χ1v) is 9.15. The second-order valence-corrected chi connectivity index (χ2v) is 7.20. The first kappa shape index (κ1) is 17.3. The lowest BCUT2D eigenvalue weighted by Crippen LogP contribution is -1.93. The highest BCUT2D eigenvalue weighted by Gasteiger charge is 2.09. The second-order valence-electron chi connectivity index (χ2n) is 4.48. The van der Waals surface area contributed by atoms with Crippen molar-refractivity contribution in [3.05, 3.63) is 57.6 Å². The molecule has 0 heterocycles. The fraction of sp³-hybridized carbons (Fsp3) is 0.250. The summed E-state index contributed by atoms with van der Waals surface area (Å²) in [5.74, 6) is 1.14. The third kappa shape index (κ3) is 4.97. The van der Waals surface area contributed by atoms with Crippen molar-refractivity contribution in [2.45, 2.75) is 22.6 Å². The highest BCUT2D eigenvalue weighted by molar-refractivity contribution is 7.99. The van der Waals surface area contributed by atoms with Crippen LogP contribution in [0.4, 0.5) is 0 Å². The molecule has 0 aliphatic rings. The minimum absolute atomic E-state index is 0.572. The summed E-state index contributed by atoms with van der Waals surface area (Å²) in [6, 6.07) is 11.8. The van der Waals surface area contributed by atoms with Gasteiger partial charge >= 0.3 is 0 Å². The Bertz CT molecular complexity index is 560. The van der Waals surface area contributed by atoms with Gasteiger partial charge < -0.3 is 0 Å². The number of rotatable bonds is 6. The van der Waals surface area contributed by atoms with Gasteiger partial charge in [0.15, 0.2) is 0 Å². The molecule has 0 radical (unpaired) electrons. The van der Waals surface area contributed by atoms with Gasteiger partial charge in [-0.25, -0.2) is 0 Å². The normalized spacial score (nSPS) is 10.9. The monoisotopic (exact) mass is 378 g/mol. The van der Waals surface area contributed by atoms with Crippen molar-refractivity contribution < 1.29 is 0 Å². The van der Waals surface area contributed by atoms with Gasteiger partial charge in [-0.1, -0.05) is 35.0 Å². The molecule has 0 amide bonds. The Kier molecular flexibility index (Phi) is 7.04. The summed E-state index contributed by atoms with van der Waals surface area (Å²) in [7, 11) is 0. The fourth-order valence-electron chi connectivity index (χ4n) is 2.01. The van der Waals surface area contributed by atoms with Crippen molar-refractivity contribution in [3.63, 3.8) is 0 Å². The summed E-state index contributed by atoms with van der Waals surface area (Å²) in [5.41, 5.74) is 2.32. The molecule has 5 heteroatoms. The molecule has 0 fully saturated rings. The zero-order valence-electron chi connectivity index (χ0n) is 11.2. The first-order valence-electron chi connectivity index (χ1n) is 6.50. The molecule has 0 N–H and O–H groups in total. The van der Waals surface area contributed by atoms with Crippen LogP contribution in [-0.2, 0) is 12.8 Å². The van der Waals surface area contributed by atoms with Gasteiger partial charge in [-0.05, 0) is 60.4 Å². The topological polar surface area (TPSA) is 0 Å². The molecule has 0 aliphatic heterocycles. The van der Waals surface area contributed by atoms with Crippen LogP contribution < -0.4 is 0 Å². The van der Waals surface area contributed by atoms with Gasteiger partial charge in [0.1, 0.15) is 0 Å². The maximum absolute atomic E-state index is 6.07. The van der Waals surface area contributed by atoms with Crippen LogP contribution in [0.5, 0.6) is 0 Å². The molecule has 0 saturated heterocycles. The highest BCUT2D eigenvalue weighted by atomic mass is 35.5. The lowest BCUT2D eigenvalue weighted by molar-refractivity contribution is 1.07. The molecule has 0 saturated carbocycles. The third-order valence-electron chi connectivity index (χ3n) is 2.99. The maximum Gasteiger partial charge on any atom is 0.0409 e. The predicted molar refractivity (Wildman–Crippen MR) is 95.9 cm³/mol. The van der Waals surface area contributed by atoms with Crippen molar-refractivity contribution in [2.75, 3.05) is 11.8 Å². The van der Waals surface area contributed by atoms with E-state index in [1.165, 1.54) is 0 Å². The molecule has 0 unspecified atom stereocenters. The van der Waals surface area contributed by atoms with Crippen molar-refractivity contribution in [2.24, 2.45) is 0 Å². The van der Waals surface area contributed by atoms with Crippen LogP contribution in [0.15, 0.2) is 46.2 Å². The Hall–Kier alpha value is -0.0500.